The fourth-order valence-electron chi connectivity index (χ4n) is 2.43. The number of ether oxygens (including phenoxy) is 1. The summed E-state index contributed by atoms with van der Waals surface area (Å²) in [5.41, 5.74) is 0.674. The van der Waals surface area contributed by atoms with Crippen molar-refractivity contribution >= 4 is 11.9 Å². The number of hydrogen-bond donors (Lipinski definition) is 0. The zero-order chi connectivity index (χ0) is 14.2. The van der Waals surface area contributed by atoms with Gasteiger partial charge in [-0.3, -0.25) is 9.69 Å². The van der Waals surface area contributed by atoms with Gasteiger partial charge in [0, 0.05) is 19.1 Å². The number of amides is 3. The van der Waals surface area contributed by atoms with E-state index in [0.717, 1.165) is 6.42 Å². The Labute approximate surface area is 114 Å². The Balaban J connectivity index is 1.96. The van der Waals surface area contributed by atoms with Gasteiger partial charge in [0.25, 0.3) is 0 Å². The van der Waals surface area contributed by atoms with Crippen molar-refractivity contribution in [1.82, 2.24) is 9.80 Å². The van der Waals surface area contributed by atoms with Crippen LogP contribution in [0.15, 0.2) is 12.2 Å². The summed E-state index contributed by atoms with van der Waals surface area (Å²) in [7, 11) is 0. The summed E-state index contributed by atoms with van der Waals surface area (Å²) in [4.78, 5) is 27.1. The Hall–Kier alpha value is -1.36. The van der Waals surface area contributed by atoms with Crippen molar-refractivity contribution in [1.29, 1.82) is 0 Å². The topological polar surface area (TPSA) is 49.9 Å². The summed E-state index contributed by atoms with van der Waals surface area (Å²) in [6.07, 6.45) is 0.975. The fraction of sp³-hybridized carbons (Fsp3) is 0.714. The number of imide groups is 1. The van der Waals surface area contributed by atoms with Crippen LogP contribution in [0.3, 0.4) is 0 Å². The van der Waals surface area contributed by atoms with E-state index in [2.05, 4.69) is 6.58 Å². The van der Waals surface area contributed by atoms with Crippen LogP contribution in [0.4, 0.5) is 4.79 Å². The van der Waals surface area contributed by atoms with Crippen molar-refractivity contribution in [2.45, 2.75) is 32.8 Å². The third-order valence-electron chi connectivity index (χ3n) is 3.57. The van der Waals surface area contributed by atoms with Crippen molar-refractivity contribution in [3.63, 3.8) is 0 Å². The second-order valence-corrected chi connectivity index (χ2v) is 5.89. The largest absolute Gasteiger partial charge is 0.374 e. The lowest BCUT2D eigenvalue weighted by Crippen LogP contribution is -2.44. The minimum absolute atomic E-state index is 0.135. The fourth-order valence-corrected chi connectivity index (χ4v) is 2.43. The van der Waals surface area contributed by atoms with Crippen molar-refractivity contribution in [2.75, 3.05) is 26.2 Å². The summed E-state index contributed by atoms with van der Waals surface area (Å²) in [5, 5.41) is 0. The van der Waals surface area contributed by atoms with Gasteiger partial charge >= 0.3 is 6.03 Å². The molecule has 5 nitrogen and oxygen atoms in total. The molecule has 1 heterocycles. The second-order valence-electron chi connectivity index (χ2n) is 5.89. The maximum absolute atomic E-state index is 12.2. The van der Waals surface area contributed by atoms with Crippen molar-refractivity contribution < 1.29 is 14.3 Å². The van der Waals surface area contributed by atoms with Gasteiger partial charge in [0.2, 0.25) is 5.91 Å². The van der Waals surface area contributed by atoms with E-state index in [9.17, 15) is 9.59 Å². The SMILES string of the molecule is C=C1CC1CN1CC(=O)N(CC(C)(C)OCC)C1=O. The summed E-state index contributed by atoms with van der Waals surface area (Å²) in [5.74, 6) is 0.251. The Morgan fingerprint density at radius 3 is 2.58 bits per heavy atom. The molecule has 0 aromatic carbocycles. The number of urea groups is 1. The number of carbonyl (C=O) groups is 2. The van der Waals surface area contributed by atoms with Crippen LogP contribution in [-0.4, -0.2) is 53.6 Å². The lowest BCUT2D eigenvalue weighted by molar-refractivity contribution is -0.128. The van der Waals surface area contributed by atoms with Gasteiger partial charge in [-0.15, -0.1) is 0 Å². The van der Waals surface area contributed by atoms with Gasteiger partial charge in [-0.2, -0.15) is 0 Å². The molecule has 0 aromatic heterocycles. The molecule has 0 radical (unpaired) electrons. The standard InChI is InChI=1S/C14H22N2O3/c1-5-19-14(3,4)9-16-12(17)8-15(13(16)18)7-11-6-10(11)2/h11H,2,5-9H2,1,3-4H3. The van der Waals surface area contributed by atoms with Gasteiger partial charge < -0.3 is 9.64 Å². The average molecular weight is 266 g/mol. The lowest BCUT2D eigenvalue weighted by Gasteiger charge is -2.28. The molecular weight excluding hydrogens is 244 g/mol. The highest BCUT2D eigenvalue weighted by Crippen LogP contribution is 2.37. The quantitative estimate of drug-likeness (QED) is 0.542. The molecule has 19 heavy (non-hydrogen) atoms. The number of hydrogen-bond acceptors (Lipinski definition) is 3. The van der Waals surface area contributed by atoms with E-state index in [1.165, 1.54) is 10.5 Å². The van der Waals surface area contributed by atoms with E-state index in [1.54, 1.807) is 4.90 Å². The highest BCUT2D eigenvalue weighted by Gasteiger charge is 2.42. The van der Waals surface area contributed by atoms with Crippen LogP contribution in [-0.2, 0) is 9.53 Å². The third kappa shape index (κ3) is 3.15. The number of rotatable bonds is 6. The third-order valence-corrected chi connectivity index (χ3v) is 3.57. The van der Waals surface area contributed by atoms with E-state index in [1.807, 2.05) is 20.8 Å². The zero-order valence-corrected chi connectivity index (χ0v) is 11.9. The molecule has 1 atom stereocenters. The summed E-state index contributed by atoms with van der Waals surface area (Å²) in [6, 6.07) is -0.197. The van der Waals surface area contributed by atoms with Crippen LogP contribution in [0, 0.1) is 5.92 Å². The number of nitrogens with zero attached hydrogens (tertiary/aromatic N) is 2. The van der Waals surface area contributed by atoms with E-state index >= 15 is 0 Å². The first-order valence-corrected chi connectivity index (χ1v) is 6.75. The Morgan fingerprint density at radius 2 is 2.05 bits per heavy atom. The van der Waals surface area contributed by atoms with Gasteiger partial charge in [0.1, 0.15) is 6.54 Å². The van der Waals surface area contributed by atoms with E-state index in [0.29, 0.717) is 25.6 Å². The smallest absolute Gasteiger partial charge is 0.327 e. The molecule has 1 aliphatic carbocycles. The molecular formula is C14H22N2O3. The molecule has 0 aromatic rings. The van der Waals surface area contributed by atoms with Gasteiger partial charge in [-0.25, -0.2) is 4.79 Å². The Morgan fingerprint density at radius 1 is 1.42 bits per heavy atom. The molecule has 1 aliphatic heterocycles. The highest BCUT2D eigenvalue weighted by molar-refractivity contribution is 6.02. The second kappa shape index (κ2) is 4.96. The van der Waals surface area contributed by atoms with Gasteiger partial charge in [0.15, 0.2) is 0 Å². The zero-order valence-electron chi connectivity index (χ0n) is 11.9. The first-order valence-electron chi connectivity index (χ1n) is 6.75. The molecule has 5 heteroatoms. The van der Waals surface area contributed by atoms with E-state index < -0.39 is 5.60 Å². The molecule has 0 spiro atoms. The predicted molar refractivity (Wildman–Crippen MR) is 71.6 cm³/mol. The summed E-state index contributed by atoms with van der Waals surface area (Å²) >= 11 is 0. The van der Waals surface area contributed by atoms with E-state index in [-0.39, 0.29) is 18.5 Å². The molecule has 0 N–H and O–H groups in total. The number of carbonyl (C=O) groups excluding carboxylic acids is 2. The lowest BCUT2D eigenvalue weighted by atomic mass is 10.1. The predicted octanol–water partition coefficient (Wildman–Crippen LogP) is 1.64. The summed E-state index contributed by atoms with van der Waals surface area (Å²) < 4.78 is 5.55. The van der Waals surface area contributed by atoms with Gasteiger partial charge in [-0.1, -0.05) is 12.2 Å². The molecule has 2 fully saturated rings. The maximum atomic E-state index is 12.2. The molecule has 2 rings (SSSR count). The minimum Gasteiger partial charge on any atom is -0.374 e. The van der Waals surface area contributed by atoms with Crippen LogP contribution in [0.25, 0.3) is 0 Å². The summed E-state index contributed by atoms with van der Waals surface area (Å²) in [6.45, 7) is 11.2. The first-order chi connectivity index (χ1) is 8.84. The minimum atomic E-state index is -0.501. The monoisotopic (exact) mass is 266 g/mol. The molecule has 1 saturated heterocycles. The molecule has 1 unspecified atom stereocenters. The van der Waals surface area contributed by atoms with Crippen LogP contribution in [0.1, 0.15) is 27.2 Å². The molecule has 1 saturated carbocycles. The van der Waals surface area contributed by atoms with Crippen molar-refractivity contribution in [2.24, 2.45) is 5.92 Å². The highest BCUT2D eigenvalue weighted by atomic mass is 16.5. The Bertz CT molecular complexity index is 417. The maximum Gasteiger partial charge on any atom is 0.327 e. The van der Waals surface area contributed by atoms with Crippen LogP contribution >= 0.6 is 0 Å². The van der Waals surface area contributed by atoms with E-state index in [4.69, 9.17) is 4.74 Å². The van der Waals surface area contributed by atoms with Crippen LogP contribution < -0.4 is 0 Å². The average Bonchev–Trinajstić information content (AvgIpc) is 2.93. The van der Waals surface area contributed by atoms with Crippen LogP contribution in [0.2, 0.25) is 0 Å². The normalized spacial score (nSPS) is 23.5. The molecule has 2 aliphatic rings. The van der Waals surface area contributed by atoms with Crippen LogP contribution in [0.5, 0.6) is 0 Å². The van der Waals surface area contributed by atoms with Crippen molar-refractivity contribution in [3.8, 4) is 0 Å². The van der Waals surface area contributed by atoms with Gasteiger partial charge in [0.05, 0.1) is 12.1 Å². The molecule has 3 amide bonds. The molecule has 0 bridgehead atoms. The first kappa shape index (κ1) is 14.1. The Kier molecular flexibility index (Phi) is 3.67. The molecule has 106 valence electrons. The van der Waals surface area contributed by atoms with Crippen molar-refractivity contribution in [3.05, 3.63) is 12.2 Å². The van der Waals surface area contributed by atoms with Gasteiger partial charge in [-0.05, 0) is 27.2 Å².